The lowest BCUT2D eigenvalue weighted by atomic mass is 10.0. The molecule has 2 rings (SSSR count). The Bertz CT molecular complexity index is 389. The molecule has 12 heavy (non-hydrogen) atoms. The SMILES string of the molecule is CC(C)c1cccc2sncc12. The fourth-order valence-electron chi connectivity index (χ4n) is 1.42. The molecule has 0 aliphatic carbocycles. The average Bonchev–Trinajstić information content (AvgIpc) is 2.49. The van der Waals surface area contributed by atoms with Crippen LogP contribution in [-0.4, -0.2) is 4.37 Å². The van der Waals surface area contributed by atoms with E-state index in [1.807, 2.05) is 6.20 Å². The molecule has 1 aromatic heterocycles. The van der Waals surface area contributed by atoms with E-state index in [1.165, 1.54) is 15.6 Å². The maximum absolute atomic E-state index is 4.19. The highest BCUT2D eigenvalue weighted by molar-refractivity contribution is 7.13. The smallest absolute Gasteiger partial charge is 0.0552 e. The van der Waals surface area contributed by atoms with Crippen LogP contribution in [0.3, 0.4) is 0 Å². The van der Waals surface area contributed by atoms with Crippen molar-refractivity contribution in [3.8, 4) is 0 Å². The first kappa shape index (κ1) is 7.74. The molecule has 0 radical (unpaired) electrons. The highest BCUT2D eigenvalue weighted by Gasteiger charge is 2.05. The molecule has 0 aliphatic rings. The molecule has 1 nitrogen and oxygen atoms in total. The van der Waals surface area contributed by atoms with Gasteiger partial charge in [0, 0.05) is 11.6 Å². The van der Waals surface area contributed by atoms with E-state index in [0.29, 0.717) is 5.92 Å². The highest BCUT2D eigenvalue weighted by atomic mass is 32.1. The molecule has 1 aromatic carbocycles. The molecule has 2 aromatic rings. The van der Waals surface area contributed by atoms with Gasteiger partial charge in [0.05, 0.1) is 4.70 Å². The number of benzene rings is 1. The first-order chi connectivity index (χ1) is 5.79. The normalized spacial score (nSPS) is 11.2. The average molecular weight is 177 g/mol. The quantitative estimate of drug-likeness (QED) is 0.650. The van der Waals surface area contributed by atoms with Gasteiger partial charge in [0.2, 0.25) is 0 Å². The van der Waals surface area contributed by atoms with E-state index in [0.717, 1.165) is 0 Å². The Morgan fingerprint density at radius 3 is 2.92 bits per heavy atom. The number of rotatable bonds is 1. The summed E-state index contributed by atoms with van der Waals surface area (Å²) >= 11 is 1.57. The Morgan fingerprint density at radius 1 is 1.33 bits per heavy atom. The van der Waals surface area contributed by atoms with Crippen molar-refractivity contribution in [1.29, 1.82) is 0 Å². The van der Waals surface area contributed by atoms with E-state index in [-0.39, 0.29) is 0 Å². The van der Waals surface area contributed by atoms with E-state index in [4.69, 9.17) is 0 Å². The van der Waals surface area contributed by atoms with Crippen molar-refractivity contribution in [2.45, 2.75) is 19.8 Å². The van der Waals surface area contributed by atoms with Crippen LogP contribution in [0.5, 0.6) is 0 Å². The van der Waals surface area contributed by atoms with Gasteiger partial charge in [0.15, 0.2) is 0 Å². The number of hydrogen-bond acceptors (Lipinski definition) is 2. The largest absolute Gasteiger partial charge is 0.200 e. The second-order valence-electron chi connectivity index (χ2n) is 3.24. The van der Waals surface area contributed by atoms with E-state index in [9.17, 15) is 0 Å². The predicted molar refractivity (Wildman–Crippen MR) is 53.7 cm³/mol. The zero-order valence-electron chi connectivity index (χ0n) is 7.24. The van der Waals surface area contributed by atoms with Crippen LogP contribution in [0, 0.1) is 0 Å². The van der Waals surface area contributed by atoms with Crippen LogP contribution in [0.4, 0.5) is 0 Å². The number of fused-ring (bicyclic) bond motifs is 1. The molecule has 0 fully saturated rings. The predicted octanol–water partition coefficient (Wildman–Crippen LogP) is 3.42. The van der Waals surface area contributed by atoms with Crippen molar-refractivity contribution in [3.63, 3.8) is 0 Å². The van der Waals surface area contributed by atoms with Crippen LogP contribution in [-0.2, 0) is 0 Å². The second-order valence-corrected chi connectivity index (χ2v) is 4.07. The Kier molecular flexibility index (Phi) is 1.85. The van der Waals surface area contributed by atoms with Gasteiger partial charge < -0.3 is 0 Å². The van der Waals surface area contributed by atoms with E-state index in [1.54, 1.807) is 11.5 Å². The zero-order chi connectivity index (χ0) is 8.55. The molecule has 0 saturated carbocycles. The summed E-state index contributed by atoms with van der Waals surface area (Å²) in [5, 5.41) is 1.32. The lowest BCUT2D eigenvalue weighted by Crippen LogP contribution is -1.86. The van der Waals surface area contributed by atoms with E-state index in [2.05, 4.69) is 36.4 Å². The highest BCUT2D eigenvalue weighted by Crippen LogP contribution is 2.26. The minimum Gasteiger partial charge on any atom is -0.200 e. The summed E-state index contributed by atoms with van der Waals surface area (Å²) in [7, 11) is 0. The molecule has 0 amide bonds. The third-order valence-electron chi connectivity index (χ3n) is 2.05. The molecule has 0 spiro atoms. The van der Waals surface area contributed by atoms with Crippen molar-refractivity contribution in [3.05, 3.63) is 30.0 Å². The van der Waals surface area contributed by atoms with Crippen molar-refractivity contribution in [1.82, 2.24) is 4.37 Å². The van der Waals surface area contributed by atoms with Crippen LogP contribution < -0.4 is 0 Å². The molecule has 2 heteroatoms. The van der Waals surface area contributed by atoms with Gasteiger partial charge in [-0.2, -0.15) is 4.37 Å². The van der Waals surface area contributed by atoms with Crippen LogP contribution in [0.2, 0.25) is 0 Å². The molecule has 0 unspecified atom stereocenters. The van der Waals surface area contributed by atoms with Gasteiger partial charge in [-0.15, -0.1) is 0 Å². The van der Waals surface area contributed by atoms with Crippen LogP contribution >= 0.6 is 11.5 Å². The molecular weight excluding hydrogens is 166 g/mol. The summed E-state index contributed by atoms with van der Waals surface area (Å²) in [6, 6.07) is 6.41. The van der Waals surface area contributed by atoms with Crippen LogP contribution in [0.25, 0.3) is 10.1 Å². The zero-order valence-corrected chi connectivity index (χ0v) is 8.06. The summed E-state index contributed by atoms with van der Waals surface area (Å²) in [5.41, 5.74) is 1.40. The third-order valence-corrected chi connectivity index (χ3v) is 2.82. The van der Waals surface area contributed by atoms with Crippen LogP contribution in [0.15, 0.2) is 24.4 Å². The topological polar surface area (TPSA) is 12.9 Å². The lowest BCUT2D eigenvalue weighted by molar-refractivity contribution is 0.876. The van der Waals surface area contributed by atoms with Crippen molar-refractivity contribution < 1.29 is 0 Å². The van der Waals surface area contributed by atoms with Gasteiger partial charge >= 0.3 is 0 Å². The maximum atomic E-state index is 4.19. The molecule has 0 N–H and O–H groups in total. The Hall–Kier alpha value is -0.890. The third kappa shape index (κ3) is 1.12. The van der Waals surface area contributed by atoms with Gasteiger partial charge in [0.25, 0.3) is 0 Å². The molecule has 62 valence electrons. The van der Waals surface area contributed by atoms with Crippen molar-refractivity contribution >= 4 is 21.6 Å². The molecular formula is C10H11NS. The molecule has 0 saturated heterocycles. The number of hydrogen-bond donors (Lipinski definition) is 0. The maximum Gasteiger partial charge on any atom is 0.0552 e. The standard InChI is InChI=1S/C10H11NS/c1-7(2)8-4-3-5-10-9(8)6-11-12-10/h3-7H,1-2H3. The summed E-state index contributed by atoms with van der Waals surface area (Å²) in [6.07, 6.45) is 1.97. The second kappa shape index (κ2) is 2.87. The molecule has 0 aliphatic heterocycles. The minimum atomic E-state index is 0.588. The Balaban J connectivity index is 2.73. The van der Waals surface area contributed by atoms with E-state index >= 15 is 0 Å². The van der Waals surface area contributed by atoms with Gasteiger partial charge in [0.1, 0.15) is 0 Å². The lowest BCUT2D eigenvalue weighted by Gasteiger charge is -2.05. The van der Waals surface area contributed by atoms with Gasteiger partial charge in [-0.25, -0.2) is 0 Å². The van der Waals surface area contributed by atoms with Gasteiger partial charge in [-0.1, -0.05) is 26.0 Å². The van der Waals surface area contributed by atoms with Crippen molar-refractivity contribution in [2.75, 3.05) is 0 Å². The molecule has 1 heterocycles. The van der Waals surface area contributed by atoms with Gasteiger partial charge in [-0.3, -0.25) is 0 Å². The Labute approximate surface area is 76.2 Å². The molecule has 0 bridgehead atoms. The first-order valence-electron chi connectivity index (χ1n) is 4.12. The monoisotopic (exact) mass is 177 g/mol. The van der Waals surface area contributed by atoms with Crippen LogP contribution in [0.1, 0.15) is 25.3 Å². The summed E-state index contributed by atoms with van der Waals surface area (Å²) in [5.74, 6) is 0.588. The Morgan fingerprint density at radius 2 is 2.17 bits per heavy atom. The summed E-state index contributed by atoms with van der Waals surface area (Å²) < 4.78 is 5.48. The fraction of sp³-hybridized carbons (Fsp3) is 0.300. The van der Waals surface area contributed by atoms with Crippen molar-refractivity contribution in [2.24, 2.45) is 0 Å². The first-order valence-corrected chi connectivity index (χ1v) is 4.89. The molecule has 0 atom stereocenters. The number of nitrogens with zero attached hydrogens (tertiary/aromatic N) is 1. The van der Waals surface area contributed by atoms with E-state index < -0.39 is 0 Å². The van der Waals surface area contributed by atoms with Gasteiger partial charge in [-0.05, 0) is 29.1 Å². The number of aromatic nitrogens is 1. The summed E-state index contributed by atoms with van der Waals surface area (Å²) in [4.78, 5) is 0. The summed E-state index contributed by atoms with van der Waals surface area (Å²) in [6.45, 7) is 4.43. The minimum absolute atomic E-state index is 0.588. The fourth-order valence-corrected chi connectivity index (χ4v) is 2.10.